The summed E-state index contributed by atoms with van der Waals surface area (Å²) in [6.45, 7) is -0.110. The Morgan fingerprint density at radius 2 is 2.15 bits per heavy atom. The van der Waals surface area contributed by atoms with E-state index in [4.69, 9.17) is 5.11 Å². The standard InChI is InChI=1S/C12H8BrFN2O4/c13-8-1-2-10(14)7(3-8)5-15-6-9(16(19)20)4-11(15)12(17)18/h1-4,6H,5H2,(H,17,18). The van der Waals surface area contributed by atoms with Gasteiger partial charge in [0, 0.05) is 16.1 Å². The minimum absolute atomic E-state index is 0.110. The van der Waals surface area contributed by atoms with E-state index in [-0.39, 0.29) is 23.5 Å². The van der Waals surface area contributed by atoms with Gasteiger partial charge in [0.15, 0.2) is 0 Å². The Balaban J connectivity index is 2.44. The maximum Gasteiger partial charge on any atom is 0.352 e. The summed E-state index contributed by atoms with van der Waals surface area (Å²) in [7, 11) is 0. The van der Waals surface area contributed by atoms with Gasteiger partial charge in [-0.2, -0.15) is 0 Å². The fourth-order valence-electron chi connectivity index (χ4n) is 1.75. The molecular weight excluding hydrogens is 335 g/mol. The maximum absolute atomic E-state index is 13.6. The predicted molar refractivity (Wildman–Crippen MR) is 71.2 cm³/mol. The van der Waals surface area contributed by atoms with Gasteiger partial charge in [-0.25, -0.2) is 9.18 Å². The topological polar surface area (TPSA) is 85.4 Å². The molecule has 1 heterocycles. The lowest BCUT2D eigenvalue weighted by molar-refractivity contribution is -0.384. The Kier molecular flexibility index (Phi) is 3.84. The van der Waals surface area contributed by atoms with E-state index in [2.05, 4.69) is 15.9 Å². The van der Waals surface area contributed by atoms with Crippen molar-refractivity contribution in [3.63, 3.8) is 0 Å². The van der Waals surface area contributed by atoms with Crippen LogP contribution in [0.4, 0.5) is 10.1 Å². The van der Waals surface area contributed by atoms with Gasteiger partial charge >= 0.3 is 5.97 Å². The van der Waals surface area contributed by atoms with Crippen LogP contribution in [0.5, 0.6) is 0 Å². The lowest BCUT2D eigenvalue weighted by Gasteiger charge is -2.07. The van der Waals surface area contributed by atoms with Crippen LogP contribution in [0.15, 0.2) is 34.9 Å². The predicted octanol–water partition coefficient (Wildman–Crippen LogP) is 3.04. The van der Waals surface area contributed by atoms with Crippen LogP contribution in [0.25, 0.3) is 0 Å². The molecule has 0 unspecified atom stereocenters. The molecule has 0 radical (unpaired) electrons. The number of nitrogens with zero attached hydrogens (tertiary/aromatic N) is 2. The van der Waals surface area contributed by atoms with Crippen molar-refractivity contribution in [1.29, 1.82) is 0 Å². The molecule has 0 aliphatic rings. The van der Waals surface area contributed by atoms with Crippen LogP contribution in [-0.4, -0.2) is 20.6 Å². The molecule has 8 heteroatoms. The molecule has 2 aromatic rings. The third-order valence-electron chi connectivity index (χ3n) is 2.66. The van der Waals surface area contributed by atoms with E-state index in [0.717, 1.165) is 16.8 Å². The number of aromatic carboxylic acids is 1. The largest absolute Gasteiger partial charge is 0.477 e. The smallest absolute Gasteiger partial charge is 0.352 e. The van der Waals surface area contributed by atoms with Crippen LogP contribution in [0.3, 0.4) is 0 Å². The molecule has 0 saturated carbocycles. The van der Waals surface area contributed by atoms with Crippen molar-refractivity contribution in [2.24, 2.45) is 0 Å². The molecule has 0 atom stereocenters. The number of carboxylic acid groups (broad SMARTS) is 1. The van der Waals surface area contributed by atoms with Crippen LogP contribution in [0.1, 0.15) is 16.1 Å². The summed E-state index contributed by atoms with van der Waals surface area (Å²) in [5, 5.41) is 19.7. The van der Waals surface area contributed by atoms with Gasteiger partial charge < -0.3 is 9.67 Å². The quantitative estimate of drug-likeness (QED) is 0.683. The first-order valence-corrected chi connectivity index (χ1v) is 6.19. The summed E-state index contributed by atoms with van der Waals surface area (Å²) in [5.74, 6) is -1.82. The van der Waals surface area contributed by atoms with E-state index in [0.29, 0.717) is 4.47 Å². The third kappa shape index (κ3) is 2.85. The monoisotopic (exact) mass is 342 g/mol. The zero-order valence-corrected chi connectivity index (χ0v) is 11.5. The van der Waals surface area contributed by atoms with E-state index >= 15 is 0 Å². The first kappa shape index (κ1) is 14.2. The molecule has 2 rings (SSSR count). The summed E-state index contributed by atoms with van der Waals surface area (Å²) in [6.07, 6.45) is 1.07. The van der Waals surface area contributed by atoms with Gasteiger partial charge in [0.2, 0.25) is 0 Å². The molecule has 0 aliphatic carbocycles. The molecule has 6 nitrogen and oxygen atoms in total. The number of hydrogen-bond acceptors (Lipinski definition) is 3. The molecule has 0 bridgehead atoms. The molecule has 1 aromatic heterocycles. The van der Waals surface area contributed by atoms with E-state index < -0.39 is 16.7 Å². The summed E-state index contributed by atoms with van der Waals surface area (Å²) in [6, 6.07) is 5.18. The lowest BCUT2D eigenvalue weighted by atomic mass is 10.2. The zero-order valence-electron chi connectivity index (χ0n) is 9.92. The molecule has 0 fully saturated rings. The van der Waals surface area contributed by atoms with Crippen molar-refractivity contribution in [2.45, 2.75) is 6.54 Å². The molecular formula is C12H8BrFN2O4. The van der Waals surface area contributed by atoms with Crippen LogP contribution in [0, 0.1) is 15.9 Å². The number of carboxylic acids is 1. The van der Waals surface area contributed by atoms with Gasteiger partial charge in [0.25, 0.3) is 5.69 Å². The van der Waals surface area contributed by atoms with Gasteiger partial charge in [-0.15, -0.1) is 0 Å². The average Bonchev–Trinajstić information content (AvgIpc) is 2.78. The number of halogens is 2. The molecule has 20 heavy (non-hydrogen) atoms. The molecule has 104 valence electrons. The van der Waals surface area contributed by atoms with E-state index in [1.54, 1.807) is 0 Å². The number of hydrogen-bond donors (Lipinski definition) is 1. The molecule has 0 spiro atoms. The second-order valence-corrected chi connectivity index (χ2v) is 4.93. The molecule has 0 aliphatic heterocycles. The minimum Gasteiger partial charge on any atom is -0.477 e. The van der Waals surface area contributed by atoms with Crippen molar-refractivity contribution in [3.8, 4) is 0 Å². The molecule has 1 aromatic carbocycles. The Morgan fingerprint density at radius 1 is 1.45 bits per heavy atom. The normalized spacial score (nSPS) is 10.5. The van der Waals surface area contributed by atoms with E-state index in [1.165, 1.54) is 18.2 Å². The first-order chi connectivity index (χ1) is 9.38. The van der Waals surface area contributed by atoms with Crippen LogP contribution in [-0.2, 0) is 6.54 Å². The summed E-state index contributed by atoms with van der Waals surface area (Å²) in [4.78, 5) is 21.0. The highest BCUT2D eigenvalue weighted by Crippen LogP contribution is 2.21. The highest BCUT2D eigenvalue weighted by Gasteiger charge is 2.19. The fourth-order valence-corrected chi connectivity index (χ4v) is 2.16. The summed E-state index contributed by atoms with van der Waals surface area (Å²) < 4.78 is 15.4. The summed E-state index contributed by atoms with van der Waals surface area (Å²) in [5.41, 5.74) is -0.388. The van der Waals surface area contributed by atoms with Crippen LogP contribution >= 0.6 is 15.9 Å². The lowest BCUT2D eigenvalue weighted by Crippen LogP contribution is -2.09. The van der Waals surface area contributed by atoms with Crippen LogP contribution < -0.4 is 0 Å². The van der Waals surface area contributed by atoms with Crippen molar-refractivity contribution in [1.82, 2.24) is 4.57 Å². The van der Waals surface area contributed by atoms with Gasteiger partial charge in [0.05, 0.1) is 17.7 Å². The molecule has 0 saturated heterocycles. The Bertz CT molecular complexity index is 699. The number of rotatable bonds is 4. The second kappa shape index (κ2) is 5.41. The van der Waals surface area contributed by atoms with Crippen molar-refractivity contribution in [3.05, 3.63) is 62.1 Å². The zero-order chi connectivity index (χ0) is 14.9. The Labute approximate surface area is 120 Å². The van der Waals surface area contributed by atoms with Gasteiger partial charge in [-0.05, 0) is 18.2 Å². The Morgan fingerprint density at radius 3 is 2.75 bits per heavy atom. The van der Waals surface area contributed by atoms with Crippen LogP contribution in [0.2, 0.25) is 0 Å². The minimum atomic E-state index is -1.31. The SMILES string of the molecule is O=C(O)c1cc([N+](=O)[O-])cn1Cc1cc(Br)ccc1F. The number of benzene rings is 1. The van der Waals surface area contributed by atoms with Crippen molar-refractivity contribution in [2.75, 3.05) is 0 Å². The molecule has 1 N–H and O–H groups in total. The fraction of sp³-hybridized carbons (Fsp3) is 0.0833. The summed E-state index contributed by atoms with van der Waals surface area (Å²) >= 11 is 3.19. The average molecular weight is 343 g/mol. The van der Waals surface area contributed by atoms with E-state index in [9.17, 15) is 19.3 Å². The number of aromatic nitrogens is 1. The van der Waals surface area contributed by atoms with Crippen molar-refractivity contribution >= 4 is 27.6 Å². The van der Waals surface area contributed by atoms with Gasteiger partial charge in [0.1, 0.15) is 11.5 Å². The highest BCUT2D eigenvalue weighted by atomic mass is 79.9. The Hall–Kier alpha value is -2.22. The second-order valence-electron chi connectivity index (χ2n) is 4.01. The number of carbonyl (C=O) groups is 1. The first-order valence-electron chi connectivity index (χ1n) is 5.40. The highest BCUT2D eigenvalue weighted by molar-refractivity contribution is 9.10. The van der Waals surface area contributed by atoms with E-state index in [1.807, 2.05) is 0 Å². The number of nitro groups is 1. The van der Waals surface area contributed by atoms with Gasteiger partial charge in [-0.1, -0.05) is 15.9 Å². The van der Waals surface area contributed by atoms with Gasteiger partial charge in [-0.3, -0.25) is 10.1 Å². The third-order valence-corrected chi connectivity index (χ3v) is 3.15. The maximum atomic E-state index is 13.6. The van der Waals surface area contributed by atoms with Crippen molar-refractivity contribution < 1.29 is 19.2 Å². The molecule has 0 amide bonds.